The highest BCUT2D eigenvalue weighted by atomic mass is 127. The molecule has 0 amide bonds. The lowest BCUT2D eigenvalue weighted by molar-refractivity contribution is 0.298. The fourth-order valence-electron chi connectivity index (χ4n) is 2.58. The summed E-state index contributed by atoms with van der Waals surface area (Å²) < 4.78 is 5.59. The maximum absolute atomic E-state index is 5.59. The standard InChI is InChI=1S/C19H29N5O.HI/c1-13-7-9-16(10-8-13)17(24(5)6)11-21-19(20-4)22-12-18-23-14(2)15(3)25-18;/h7-10,17H,11-12H2,1-6H3,(H2,20,21,22);1H. The second-order valence-electron chi connectivity index (χ2n) is 6.45. The fourth-order valence-corrected chi connectivity index (χ4v) is 2.58. The van der Waals surface area contributed by atoms with Gasteiger partial charge in [0.15, 0.2) is 5.96 Å². The summed E-state index contributed by atoms with van der Waals surface area (Å²) in [6.45, 7) is 7.22. The Hall–Kier alpha value is -1.61. The lowest BCUT2D eigenvalue weighted by Gasteiger charge is -2.26. The first-order valence-electron chi connectivity index (χ1n) is 8.51. The van der Waals surface area contributed by atoms with Gasteiger partial charge in [0.2, 0.25) is 5.89 Å². The molecule has 0 saturated carbocycles. The summed E-state index contributed by atoms with van der Waals surface area (Å²) in [5.74, 6) is 2.25. The maximum atomic E-state index is 5.59. The van der Waals surface area contributed by atoms with Gasteiger partial charge < -0.3 is 20.0 Å². The molecule has 1 atom stereocenters. The third kappa shape index (κ3) is 6.28. The number of nitrogens with one attached hydrogen (secondary N) is 2. The number of hydrogen-bond donors (Lipinski definition) is 2. The Morgan fingerprint density at radius 1 is 1.15 bits per heavy atom. The van der Waals surface area contributed by atoms with E-state index in [1.165, 1.54) is 11.1 Å². The van der Waals surface area contributed by atoms with Gasteiger partial charge in [-0.1, -0.05) is 29.8 Å². The number of nitrogens with zero attached hydrogens (tertiary/aromatic N) is 3. The van der Waals surface area contributed by atoms with Crippen LogP contribution in [0, 0.1) is 20.8 Å². The van der Waals surface area contributed by atoms with Crippen molar-refractivity contribution < 1.29 is 4.42 Å². The van der Waals surface area contributed by atoms with E-state index < -0.39 is 0 Å². The van der Waals surface area contributed by atoms with E-state index >= 15 is 0 Å². The third-order valence-corrected chi connectivity index (χ3v) is 4.25. The predicted molar refractivity (Wildman–Crippen MR) is 117 cm³/mol. The Bertz CT molecular complexity index is 690. The van der Waals surface area contributed by atoms with E-state index in [9.17, 15) is 0 Å². The molecule has 144 valence electrons. The van der Waals surface area contributed by atoms with Crippen molar-refractivity contribution in [2.45, 2.75) is 33.4 Å². The Morgan fingerprint density at radius 2 is 1.81 bits per heavy atom. The van der Waals surface area contributed by atoms with Crippen molar-refractivity contribution in [1.29, 1.82) is 0 Å². The normalized spacial score (nSPS) is 12.7. The lowest BCUT2D eigenvalue weighted by atomic mass is 10.0. The van der Waals surface area contributed by atoms with Gasteiger partial charge in [0.05, 0.1) is 18.3 Å². The van der Waals surface area contributed by atoms with E-state index in [1.54, 1.807) is 7.05 Å². The van der Waals surface area contributed by atoms with E-state index in [-0.39, 0.29) is 30.0 Å². The molecule has 0 spiro atoms. The number of aromatic nitrogens is 1. The highest BCUT2D eigenvalue weighted by Crippen LogP contribution is 2.17. The minimum Gasteiger partial charge on any atom is -0.444 e. The van der Waals surface area contributed by atoms with Crippen LogP contribution in [0.5, 0.6) is 0 Å². The van der Waals surface area contributed by atoms with Crippen LogP contribution in [0.15, 0.2) is 33.7 Å². The van der Waals surface area contributed by atoms with Crippen molar-refractivity contribution in [3.63, 3.8) is 0 Å². The van der Waals surface area contributed by atoms with Gasteiger partial charge in [-0.2, -0.15) is 0 Å². The summed E-state index contributed by atoms with van der Waals surface area (Å²) in [6.07, 6.45) is 0. The van der Waals surface area contributed by atoms with E-state index in [0.29, 0.717) is 12.4 Å². The molecule has 1 aromatic heterocycles. The first-order chi connectivity index (χ1) is 11.9. The van der Waals surface area contributed by atoms with E-state index in [2.05, 4.69) is 70.8 Å². The largest absolute Gasteiger partial charge is 0.444 e. The van der Waals surface area contributed by atoms with Crippen molar-refractivity contribution in [2.75, 3.05) is 27.7 Å². The Kier molecular flexibility index (Phi) is 9.07. The van der Waals surface area contributed by atoms with Gasteiger partial charge in [-0.25, -0.2) is 4.98 Å². The quantitative estimate of drug-likeness (QED) is 0.385. The zero-order valence-electron chi connectivity index (χ0n) is 16.5. The highest BCUT2D eigenvalue weighted by molar-refractivity contribution is 14.0. The van der Waals surface area contributed by atoms with Gasteiger partial charge in [-0.3, -0.25) is 4.99 Å². The van der Waals surface area contributed by atoms with E-state index in [4.69, 9.17) is 4.42 Å². The molecule has 7 heteroatoms. The molecule has 0 bridgehead atoms. The number of guanidine groups is 1. The Balaban J connectivity index is 0.00000338. The number of benzene rings is 1. The van der Waals surface area contributed by atoms with Crippen LogP contribution >= 0.6 is 24.0 Å². The number of oxazole rings is 1. The molecule has 0 radical (unpaired) electrons. The van der Waals surface area contributed by atoms with E-state index in [1.807, 2.05) is 13.8 Å². The summed E-state index contributed by atoms with van der Waals surface area (Å²) in [5, 5.41) is 6.63. The molecular weight excluding hydrogens is 441 g/mol. The second kappa shape index (κ2) is 10.5. The van der Waals surface area contributed by atoms with Crippen LogP contribution in [0.4, 0.5) is 0 Å². The number of rotatable bonds is 6. The molecule has 6 nitrogen and oxygen atoms in total. The van der Waals surface area contributed by atoms with Crippen LogP contribution in [0.1, 0.15) is 34.5 Å². The number of aliphatic imine (C=N–C) groups is 1. The van der Waals surface area contributed by atoms with Gasteiger partial charge in [-0.15, -0.1) is 24.0 Å². The molecule has 1 unspecified atom stereocenters. The molecule has 0 saturated heterocycles. The SMILES string of the molecule is CN=C(NCc1nc(C)c(C)o1)NCC(c1ccc(C)cc1)N(C)C.I. The molecule has 1 aromatic carbocycles. The highest BCUT2D eigenvalue weighted by Gasteiger charge is 2.15. The van der Waals surface area contributed by atoms with Crippen molar-refractivity contribution in [3.8, 4) is 0 Å². The minimum absolute atomic E-state index is 0. The molecule has 0 aliphatic rings. The van der Waals surface area contributed by atoms with Crippen LogP contribution in [0.3, 0.4) is 0 Å². The number of hydrogen-bond acceptors (Lipinski definition) is 4. The number of likely N-dealkylation sites (N-methyl/N-ethyl adjacent to an activating group) is 1. The fraction of sp³-hybridized carbons (Fsp3) is 0.474. The molecule has 2 rings (SSSR count). The predicted octanol–water partition coefficient (Wildman–Crippen LogP) is 3.19. The van der Waals surface area contributed by atoms with E-state index in [0.717, 1.165) is 24.0 Å². The number of aryl methyl sites for hydroxylation is 3. The summed E-state index contributed by atoms with van der Waals surface area (Å²) in [5.41, 5.74) is 3.47. The zero-order chi connectivity index (χ0) is 18.4. The molecule has 0 fully saturated rings. The molecule has 0 aliphatic heterocycles. The van der Waals surface area contributed by atoms with Crippen LogP contribution in [0.25, 0.3) is 0 Å². The van der Waals surface area contributed by atoms with Crippen molar-refractivity contribution >= 4 is 29.9 Å². The maximum Gasteiger partial charge on any atom is 0.214 e. The minimum atomic E-state index is 0. The average molecular weight is 471 g/mol. The monoisotopic (exact) mass is 471 g/mol. The van der Waals surface area contributed by atoms with Gasteiger partial charge in [0, 0.05) is 13.6 Å². The van der Waals surface area contributed by atoms with Crippen LogP contribution in [-0.2, 0) is 6.54 Å². The van der Waals surface area contributed by atoms with Crippen LogP contribution < -0.4 is 10.6 Å². The molecule has 0 aliphatic carbocycles. The summed E-state index contributed by atoms with van der Waals surface area (Å²) in [6, 6.07) is 8.90. The van der Waals surface area contributed by atoms with Crippen LogP contribution in [0.2, 0.25) is 0 Å². The van der Waals surface area contributed by atoms with Crippen molar-refractivity contribution in [3.05, 3.63) is 52.7 Å². The molecular formula is C19H30IN5O. The lowest BCUT2D eigenvalue weighted by Crippen LogP contribution is -2.41. The van der Waals surface area contributed by atoms with Gasteiger partial charge >= 0.3 is 0 Å². The first kappa shape index (κ1) is 22.4. The second-order valence-corrected chi connectivity index (χ2v) is 6.45. The van der Waals surface area contributed by atoms with Gasteiger partial charge in [0.25, 0.3) is 0 Å². The summed E-state index contributed by atoms with van der Waals surface area (Å²) in [4.78, 5) is 10.9. The summed E-state index contributed by atoms with van der Waals surface area (Å²) in [7, 11) is 5.93. The van der Waals surface area contributed by atoms with Gasteiger partial charge in [-0.05, 0) is 40.4 Å². The zero-order valence-corrected chi connectivity index (χ0v) is 18.8. The Morgan fingerprint density at radius 3 is 2.31 bits per heavy atom. The Labute approximate surface area is 173 Å². The average Bonchev–Trinajstić information content (AvgIpc) is 2.90. The molecule has 1 heterocycles. The molecule has 2 N–H and O–H groups in total. The molecule has 26 heavy (non-hydrogen) atoms. The van der Waals surface area contributed by atoms with Crippen molar-refractivity contribution in [1.82, 2.24) is 20.5 Å². The summed E-state index contributed by atoms with van der Waals surface area (Å²) >= 11 is 0. The topological polar surface area (TPSA) is 65.7 Å². The first-order valence-corrected chi connectivity index (χ1v) is 8.51. The van der Waals surface area contributed by atoms with Crippen molar-refractivity contribution in [2.24, 2.45) is 4.99 Å². The number of halogens is 1. The molecule has 2 aromatic rings. The smallest absolute Gasteiger partial charge is 0.214 e. The van der Waals surface area contributed by atoms with Gasteiger partial charge in [0.1, 0.15) is 5.76 Å². The third-order valence-electron chi connectivity index (χ3n) is 4.25. The van der Waals surface area contributed by atoms with Crippen LogP contribution in [-0.4, -0.2) is 43.5 Å².